The van der Waals surface area contributed by atoms with Crippen molar-refractivity contribution in [3.8, 4) is 5.75 Å². The summed E-state index contributed by atoms with van der Waals surface area (Å²) < 4.78 is 14.2. The number of phenolic OH excluding ortho intramolecular Hbond substituents is 1. The van der Waals surface area contributed by atoms with E-state index in [1.54, 1.807) is 18.2 Å². The van der Waals surface area contributed by atoms with Crippen LogP contribution in [0.25, 0.3) is 0 Å². The second-order valence-electron chi connectivity index (χ2n) is 5.99. The van der Waals surface area contributed by atoms with Crippen molar-refractivity contribution in [3.05, 3.63) is 42.5 Å². The zero-order valence-electron chi connectivity index (χ0n) is 14.7. The highest BCUT2D eigenvalue weighted by Crippen LogP contribution is 2.36. The van der Waals surface area contributed by atoms with Crippen LogP contribution in [0.1, 0.15) is 25.3 Å². The highest BCUT2D eigenvalue weighted by molar-refractivity contribution is 7.45. The topological polar surface area (TPSA) is 128 Å². The number of aromatic hydroxyl groups is 1. The third-order valence-corrected chi connectivity index (χ3v) is 4.02. The molecule has 9 heteroatoms. The first-order valence-corrected chi connectivity index (χ1v) is 9.77. The molecule has 1 aliphatic heterocycles. The van der Waals surface area contributed by atoms with Crippen LogP contribution in [0.5, 0.6) is 5.75 Å². The van der Waals surface area contributed by atoms with Gasteiger partial charge in [0.2, 0.25) is 0 Å². The number of hydrogen-bond donors (Lipinski definition) is 4. The SMILES string of the molecule is C=CCN1CCCC(C(=O)OCC)(c2cccc(O)c2)C1.O=P(O)(O)O. The fourth-order valence-corrected chi connectivity index (χ4v) is 3.08. The molecule has 0 radical (unpaired) electrons. The van der Waals surface area contributed by atoms with Gasteiger partial charge in [0.05, 0.1) is 6.61 Å². The van der Waals surface area contributed by atoms with Crippen molar-refractivity contribution in [1.29, 1.82) is 0 Å². The zero-order chi connectivity index (χ0) is 19.8. The smallest absolute Gasteiger partial charge is 0.466 e. The monoisotopic (exact) mass is 387 g/mol. The van der Waals surface area contributed by atoms with E-state index >= 15 is 0 Å². The summed E-state index contributed by atoms with van der Waals surface area (Å²) >= 11 is 0. The molecule has 0 amide bonds. The van der Waals surface area contributed by atoms with E-state index in [-0.39, 0.29) is 11.7 Å². The number of piperidine rings is 1. The van der Waals surface area contributed by atoms with E-state index in [1.165, 1.54) is 0 Å². The lowest BCUT2D eigenvalue weighted by Crippen LogP contribution is -2.51. The van der Waals surface area contributed by atoms with Crippen LogP contribution in [0.15, 0.2) is 36.9 Å². The Kier molecular flexibility index (Phi) is 8.46. The van der Waals surface area contributed by atoms with Crippen molar-refractivity contribution < 1.29 is 33.9 Å². The number of benzene rings is 1. The summed E-state index contributed by atoms with van der Waals surface area (Å²) in [6.45, 7) is 8.25. The number of phenols is 1. The van der Waals surface area contributed by atoms with Gasteiger partial charge in [-0.2, -0.15) is 0 Å². The molecule has 26 heavy (non-hydrogen) atoms. The summed E-state index contributed by atoms with van der Waals surface area (Å²) in [5.74, 6) is -0.0265. The first kappa shape index (κ1) is 22.3. The van der Waals surface area contributed by atoms with Crippen molar-refractivity contribution >= 4 is 13.8 Å². The van der Waals surface area contributed by atoms with Crippen LogP contribution in [0.2, 0.25) is 0 Å². The number of carbonyl (C=O) groups is 1. The molecule has 1 atom stereocenters. The van der Waals surface area contributed by atoms with Gasteiger partial charge in [-0.05, 0) is 44.0 Å². The Hall–Kier alpha value is -1.70. The van der Waals surface area contributed by atoms with Gasteiger partial charge in [0.25, 0.3) is 0 Å². The van der Waals surface area contributed by atoms with Gasteiger partial charge < -0.3 is 24.5 Å². The molecular formula is C17H26NO7P. The summed E-state index contributed by atoms with van der Waals surface area (Å²) in [6.07, 6.45) is 3.51. The van der Waals surface area contributed by atoms with Crippen molar-refractivity contribution in [3.63, 3.8) is 0 Å². The van der Waals surface area contributed by atoms with Crippen LogP contribution < -0.4 is 0 Å². The minimum Gasteiger partial charge on any atom is -0.508 e. The average molecular weight is 387 g/mol. The van der Waals surface area contributed by atoms with E-state index in [0.29, 0.717) is 13.2 Å². The molecule has 1 aliphatic rings. The molecule has 146 valence electrons. The normalized spacial score (nSPS) is 20.6. The molecule has 1 aromatic rings. The van der Waals surface area contributed by atoms with Crippen molar-refractivity contribution in [2.75, 3.05) is 26.2 Å². The number of esters is 1. The van der Waals surface area contributed by atoms with E-state index < -0.39 is 13.2 Å². The molecule has 0 spiro atoms. The summed E-state index contributed by atoms with van der Waals surface area (Å²) in [5.41, 5.74) is 0.130. The second kappa shape index (κ2) is 9.85. The molecule has 1 saturated heterocycles. The van der Waals surface area contributed by atoms with Gasteiger partial charge >= 0.3 is 13.8 Å². The maximum Gasteiger partial charge on any atom is 0.466 e. The standard InChI is InChI=1S/C17H23NO3.H3O4P/c1-3-10-18-11-6-9-17(13-18,16(20)21-4-2)14-7-5-8-15(19)12-14;1-5(2,3)4/h3,5,7-8,12,19H,1,4,6,9-11,13H2,2H3;(H3,1,2,3,4). The predicted molar refractivity (Wildman–Crippen MR) is 96.6 cm³/mol. The number of phosphoric acid groups is 1. The molecule has 1 aromatic carbocycles. The fourth-order valence-electron chi connectivity index (χ4n) is 3.08. The van der Waals surface area contributed by atoms with E-state index in [4.69, 9.17) is 24.0 Å². The van der Waals surface area contributed by atoms with Crippen LogP contribution >= 0.6 is 7.82 Å². The van der Waals surface area contributed by atoms with Gasteiger partial charge in [-0.3, -0.25) is 9.69 Å². The quantitative estimate of drug-likeness (QED) is 0.340. The molecular weight excluding hydrogens is 361 g/mol. The second-order valence-corrected chi connectivity index (χ2v) is 7.02. The van der Waals surface area contributed by atoms with Gasteiger partial charge in [0.1, 0.15) is 11.2 Å². The first-order chi connectivity index (χ1) is 12.1. The Labute approximate surface area is 153 Å². The molecule has 0 bridgehead atoms. The summed E-state index contributed by atoms with van der Waals surface area (Å²) in [7, 11) is -4.64. The number of hydrogen-bond acceptors (Lipinski definition) is 5. The Morgan fingerprint density at radius 3 is 2.62 bits per heavy atom. The predicted octanol–water partition coefficient (Wildman–Crippen LogP) is 1.55. The molecule has 1 fully saturated rings. The molecule has 0 aromatic heterocycles. The highest BCUT2D eigenvalue weighted by atomic mass is 31.2. The third-order valence-electron chi connectivity index (χ3n) is 4.02. The van der Waals surface area contributed by atoms with Gasteiger partial charge in [-0.15, -0.1) is 6.58 Å². The van der Waals surface area contributed by atoms with Gasteiger partial charge in [-0.25, -0.2) is 4.57 Å². The fraction of sp³-hybridized carbons (Fsp3) is 0.471. The van der Waals surface area contributed by atoms with E-state index in [0.717, 1.165) is 31.5 Å². The van der Waals surface area contributed by atoms with Crippen LogP contribution in [0, 0.1) is 0 Å². The summed E-state index contributed by atoms with van der Waals surface area (Å²) in [5, 5.41) is 9.76. The average Bonchev–Trinajstić information content (AvgIpc) is 2.54. The minimum absolute atomic E-state index is 0.178. The minimum atomic E-state index is -4.64. The summed E-state index contributed by atoms with van der Waals surface area (Å²) in [4.78, 5) is 36.4. The van der Waals surface area contributed by atoms with Crippen molar-refractivity contribution in [1.82, 2.24) is 4.90 Å². The Morgan fingerprint density at radius 2 is 2.08 bits per heavy atom. The number of carbonyl (C=O) groups excluding carboxylic acids is 1. The maximum absolute atomic E-state index is 12.6. The van der Waals surface area contributed by atoms with Crippen molar-refractivity contribution in [2.45, 2.75) is 25.2 Å². The van der Waals surface area contributed by atoms with Crippen LogP contribution in [-0.4, -0.2) is 56.9 Å². The molecule has 0 aliphatic carbocycles. The van der Waals surface area contributed by atoms with Crippen molar-refractivity contribution in [2.24, 2.45) is 0 Å². The number of likely N-dealkylation sites (tertiary alicyclic amines) is 1. The lowest BCUT2D eigenvalue weighted by atomic mass is 9.74. The van der Waals surface area contributed by atoms with Crippen LogP contribution in [-0.2, 0) is 19.5 Å². The zero-order valence-corrected chi connectivity index (χ0v) is 15.6. The Balaban J connectivity index is 0.000000597. The maximum atomic E-state index is 12.6. The van der Waals surface area contributed by atoms with Gasteiger partial charge in [0.15, 0.2) is 0 Å². The number of rotatable bonds is 5. The number of ether oxygens (including phenoxy) is 1. The third kappa shape index (κ3) is 6.90. The van der Waals surface area contributed by atoms with Gasteiger partial charge in [0, 0.05) is 13.1 Å². The first-order valence-electron chi connectivity index (χ1n) is 8.20. The Morgan fingerprint density at radius 1 is 1.42 bits per heavy atom. The highest BCUT2D eigenvalue weighted by Gasteiger charge is 2.45. The van der Waals surface area contributed by atoms with E-state index in [9.17, 15) is 9.90 Å². The molecule has 8 nitrogen and oxygen atoms in total. The summed E-state index contributed by atoms with van der Waals surface area (Å²) in [6, 6.07) is 6.97. The lowest BCUT2D eigenvalue weighted by molar-refractivity contribution is -0.152. The molecule has 2 rings (SSSR count). The molecule has 1 heterocycles. The molecule has 0 saturated carbocycles. The molecule has 1 unspecified atom stereocenters. The van der Waals surface area contributed by atoms with Crippen LogP contribution in [0.3, 0.4) is 0 Å². The van der Waals surface area contributed by atoms with Gasteiger partial charge in [-0.1, -0.05) is 18.2 Å². The lowest BCUT2D eigenvalue weighted by Gasteiger charge is -2.41. The molecule has 4 N–H and O–H groups in total. The van der Waals surface area contributed by atoms with E-state index in [1.807, 2.05) is 19.1 Å². The van der Waals surface area contributed by atoms with Crippen LogP contribution in [0.4, 0.5) is 0 Å². The largest absolute Gasteiger partial charge is 0.508 e. The number of nitrogens with zero attached hydrogens (tertiary/aromatic N) is 1. The van der Waals surface area contributed by atoms with E-state index in [2.05, 4.69) is 11.5 Å². The Bertz CT molecular complexity index is 652.